The molecule has 29 heteroatoms. The van der Waals surface area contributed by atoms with Gasteiger partial charge in [0, 0.05) is 98.4 Å². The molecule has 0 unspecified atom stereocenters. The summed E-state index contributed by atoms with van der Waals surface area (Å²) in [5.74, 6) is 2.43. The summed E-state index contributed by atoms with van der Waals surface area (Å²) < 4.78 is 11.0. The van der Waals surface area contributed by atoms with Crippen LogP contribution in [0.3, 0.4) is 0 Å². The highest BCUT2D eigenvalue weighted by molar-refractivity contribution is 5.07. The molecule has 0 bridgehead atoms. The first-order valence-corrected chi connectivity index (χ1v) is 27.4. The van der Waals surface area contributed by atoms with Gasteiger partial charge in [0.1, 0.15) is 25.3 Å². The maximum absolute atomic E-state index is 4.03. The van der Waals surface area contributed by atoms with E-state index in [1.807, 2.05) is 103 Å². The van der Waals surface area contributed by atoms with E-state index in [4.69, 9.17) is 0 Å². The van der Waals surface area contributed by atoms with Crippen molar-refractivity contribution in [2.45, 2.75) is 199 Å². The van der Waals surface area contributed by atoms with E-state index in [1.54, 1.807) is 90.8 Å². The van der Waals surface area contributed by atoms with Crippen molar-refractivity contribution in [3.63, 3.8) is 0 Å². The highest BCUT2D eigenvalue weighted by Crippen LogP contribution is 2.10. The normalized spacial score (nSPS) is 10.4. The molecule has 0 amide bonds. The van der Waals surface area contributed by atoms with Crippen LogP contribution in [0.5, 0.6) is 0 Å². The first-order valence-electron chi connectivity index (χ1n) is 27.4. The first kappa shape index (κ1) is 71.4. The molecular weight excluding hydrogens is 1040 g/mol. The van der Waals surface area contributed by atoms with Gasteiger partial charge in [-0.15, -0.1) is 25.5 Å². The van der Waals surface area contributed by atoms with E-state index < -0.39 is 0 Å². The molecule has 0 aromatic carbocycles. The minimum atomic E-state index is 0.317. The number of hydrogen-bond donors (Lipinski definition) is 1. The predicted molar refractivity (Wildman–Crippen MR) is 315 cm³/mol. The Balaban J connectivity index is 0.000000456. The Morgan fingerprint density at radius 1 is 0.402 bits per heavy atom. The summed E-state index contributed by atoms with van der Waals surface area (Å²) >= 11 is 0. The van der Waals surface area contributed by atoms with E-state index in [0.717, 1.165) is 5.82 Å². The minimum Gasteiger partial charge on any atom is -0.335 e. The van der Waals surface area contributed by atoms with E-state index in [1.165, 1.54) is 17.6 Å². The molecule has 450 valence electrons. The van der Waals surface area contributed by atoms with Gasteiger partial charge in [-0.05, 0) is 153 Å². The summed E-state index contributed by atoms with van der Waals surface area (Å²) in [5.41, 5.74) is 2.39. The Labute approximate surface area is 484 Å². The van der Waals surface area contributed by atoms with Crippen LogP contribution in [0.15, 0.2) is 118 Å². The van der Waals surface area contributed by atoms with Crippen molar-refractivity contribution in [2.24, 2.45) is 7.05 Å². The molecule has 0 saturated heterocycles. The monoisotopic (exact) mass is 1140 g/mol. The third-order valence-corrected chi connectivity index (χ3v) is 10.3. The lowest BCUT2D eigenvalue weighted by atomic mass is 10.1. The summed E-state index contributed by atoms with van der Waals surface area (Å²) in [6.45, 7) is 41.5. The van der Waals surface area contributed by atoms with Crippen molar-refractivity contribution in [1.29, 1.82) is 0 Å². The number of aromatic nitrogens is 29. The van der Waals surface area contributed by atoms with Gasteiger partial charge in [0.2, 0.25) is 0 Å². The molecule has 10 aromatic rings. The minimum absolute atomic E-state index is 0.317. The van der Waals surface area contributed by atoms with Crippen molar-refractivity contribution in [2.75, 3.05) is 0 Å². The van der Waals surface area contributed by atoms with E-state index in [2.05, 4.69) is 209 Å². The lowest BCUT2D eigenvalue weighted by molar-refractivity contribution is 0.455. The second-order valence-corrected chi connectivity index (χ2v) is 20.6. The van der Waals surface area contributed by atoms with Crippen LogP contribution in [0.1, 0.15) is 216 Å². The molecule has 10 rings (SSSR count). The van der Waals surface area contributed by atoms with Crippen molar-refractivity contribution >= 4 is 0 Å². The molecular formula is C53H93N29. The molecule has 10 aromatic heterocycles. The first-order chi connectivity index (χ1) is 39.0. The lowest BCUT2D eigenvalue weighted by Gasteiger charge is -2.02. The number of rotatable bonds is 10. The van der Waals surface area contributed by atoms with Crippen molar-refractivity contribution in [3.05, 3.63) is 135 Å². The number of aromatic amines is 1. The second-order valence-electron chi connectivity index (χ2n) is 20.6. The predicted octanol–water partition coefficient (Wildman–Crippen LogP) is 9.48. The number of nitrogens with zero attached hydrogens (tertiary/aromatic N) is 28. The fraction of sp³-hybridized carbons (Fsp3) is 0.585. The van der Waals surface area contributed by atoms with Crippen molar-refractivity contribution in [1.82, 2.24) is 145 Å². The number of aryl methyl sites for hydroxylation is 1. The van der Waals surface area contributed by atoms with Crippen molar-refractivity contribution in [3.8, 4) is 0 Å². The molecule has 0 spiro atoms. The van der Waals surface area contributed by atoms with E-state index in [0.29, 0.717) is 60.0 Å². The van der Waals surface area contributed by atoms with Gasteiger partial charge < -0.3 is 4.57 Å². The van der Waals surface area contributed by atoms with Crippen LogP contribution in [0.25, 0.3) is 0 Å². The number of H-pyrrole nitrogens is 1. The fourth-order valence-electron chi connectivity index (χ4n) is 5.37. The van der Waals surface area contributed by atoms with Crippen LogP contribution in [0.2, 0.25) is 0 Å². The van der Waals surface area contributed by atoms with Gasteiger partial charge in [-0.2, -0.15) is 35.1 Å². The number of nitrogens with one attached hydrogen (secondary N) is 1. The van der Waals surface area contributed by atoms with Gasteiger partial charge in [-0.3, -0.25) is 19.1 Å². The van der Waals surface area contributed by atoms with Crippen LogP contribution < -0.4 is 0 Å². The molecule has 82 heavy (non-hydrogen) atoms. The number of tetrazole rings is 3. The molecule has 29 nitrogen and oxygen atoms in total. The van der Waals surface area contributed by atoms with E-state index in [-0.39, 0.29) is 0 Å². The Bertz CT molecular complexity index is 2350. The molecule has 0 fully saturated rings. The molecule has 10 heterocycles. The number of hydrogen-bond acceptors (Lipinski definition) is 20. The average molecular weight is 1140 g/mol. The zero-order valence-electron chi connectivity index (χ0n) is 52.3. The standard InChI is InChI=1S/C7H10N2.3C6H10N2.C5H10N4.3C5H9N3.2C4H8N4/c1-6(2)7-3-8-5-9-4-7;1-6(2)8-4-3-7-5-8;1-6(2)8-5-3-4-7-8;1-5(2)6-3-4-7-8-6;1-4(2)5-6-7-8-9(5)3;1-5(2)8-4-6-3-7-8;1-5(2)8-4-3-6-7-8;1-5(2)8-6-3-4-7-8;1-4(2)8-3-5-6-7-8;1-4(2)8-6-3-5-7-8/h3-6H,1-2H3;2*3-6H,1-2H3;3-5H,1-2H3,(H,7,8);4H,1-3H3;3*3-5H,1-2H3;2*3-4H,1-2H3. The highest BCUT2D eigenvalue weighted by atomic mass is 15.6. The van der Waals surface area contributed by atoms with Gasteiger partial charge in [0.05, 0.1) is 37.0 Å². The zero-order valence-corrected chi connectivity index (χ0v) is 52.3. The third kappa shape index (κ3) is 31.8. The van der Waals surface area contributed by atoms with Gasteiger partial charge >= 0.3 is 0 Å². The van der Waals surface area contributed by atoms with Gasteiger partial charge in [-0.1, -0.05) is 46.8 Å². The Morgan fingerprint density at radius 2 is 1.05 bits per heavy atom. The van der Waals surface area contributed by atoms with Gasteiger partial charge in [-0.25, -0.2) is 29.3 Å². The summed E-state index contributed by atoms with van der Waals surface area (Å²) in [6.07, 6.45) is 29.5. The van der Waals surface area contributed by atoms with Crippen molar-refractivity contribution < 1.29 is 0 Å². The maximum Gasteiger partial charge on any atom is 0.162 e. The summed E-state index contributed by atoms with van der Waals surface area (Å²) in [7, 11) is 1.84. The summed E-state index contributed by atoms with van der Waals surface area (Å²) in [6, 6.07) is 6.87. The summed E-state index contributed by atoms with van der Waals surface area (Å²) in [5, 5.41) is 62.6. The maximum atomic E-state index is 4.03. The summed E-state index contributed by atoms with van der Waals surface area (Å²) in [4.78, 5) is 18.7. The topological polar surface area (TPSA) is 313 Å². The average Bonchev–Trinajstić information content (AvgIpc) is 4.31. The third-order valence-electron chi connectivity index (χ3n) is 10.3. The second kappa shape index (κ2) is 41.4. The largest absolute Gasteiger partial charge is 0.335 e. The molecule has 0 aliphatic carbocycles. The number of imidazole rings is 1. The van der Waals surface area contributed by atoms with Crippen LogP contribution in [-0.4, -0.2) is 145 Å². The molecule has 1 N–H and O–H groups in total. The molecule has 0 radical (unpaired) electrons. The highest BCUT2D eigenvalue weighted by Gasteiger charge is 2.05. The van der Waals surface area contributed by atoms with E-state index in [9.17, 15) is 0 Å². The van der Waals surface area contributed by atoms with Gasteiger partial charge in [0.25, 0.3) is 0 Å². The lowest BCUT2D eigenvalue weighted by Crippen LogP contribution is -2.04. The smallest absolute Gasteiger partial charge is 0.162 e. The van der Waals surface area contributed by atoms with Crippen LogP contribution in [0.4, 0.5) is 0 Å². The van der Waals surface area contributed by atoms with Crippen LogP contribution in [0, 0.1) is 0 Å². The molecule has 0 aliphatic heterocycles. The Hall–Kier alpha value is -8.66. The quantitative estimate of drug-likeness (QED) is 0.133. The Morgan fingerprint density at radius 3 is 1.30 bits per heavy atom. The zero-order chi connectivity index (χ0) is 61.4. The molecule has 0 saturated carbocycles. The van der Waals surface area contributed by atoms with Crippen LogP contribution >= 0.6 is 0 Å². The molecule has 0 atom stereocenters. The molecule has 0 aliphatic rings. The van der Waals surface area contributed by atoms with E-state index >= 15 is 0 Å². The fourth-order valence-corrected chi connectivity index (χ4v) is 5.37. The van der Waals surface area contributed by atoms with Gasteiger partial charge in [0.15, 0.2) is 12.2 Å². The Kier molecular flexibility index (Phi) is 36.0. The SMILES string of the molecule is CC(C)c1ccn[nH]1.CC(C)c1cncnc1.CC(C)c1nnnn1C.CC(C)n1cccn1.CC(C)n1ccnc1.CC(C)n1ccnn1.CC(C)n1cncn1.CC(C)n1cnnn1.CC(C)n1nccn1.CC(C)n1ncnn1. The van der Waals surface area contributed by atoms with Crippen LogP contribution in [-0.2, 0) is 7.05 Å².